The van der Waals surface area contributed by atoms with E-state index in [4.69, 9.17) is 11.6 Å². The summed E-state index contributed by atoms with van der Waals surface area (Å²) < 4.78 is 1.55. The quantitative estimate of drug-likeness (QED) is 0.805. The number of aromatic nitrogens is 2. The molecule has 0 aliphatic carbocycles. The zero-order valence-corrected chi connectivity index (χ0v) is 13.0. The lowest BCUT2D eigenvalue weighted by atomic mass is 10.2. The van der Waals surface area contributed by atoms with Crippen LogP contribution in [-0.4, -0.2) is 9.38 Å². The van der Waals surface area contributed by atoms with E-state index in [-0.39, 0.29) is 5.56 Å². The van der Waals surface area contributed by atoms with Crippen LogP contribution in [0.3, 0.4) is 0 Å². The van der Waals surface area contributed by atoms with Gasteiger partial charge < -0.3 is 5.32 Å². The summed E-state index contributed by atoms with van der Waals surface area (Å²) in [5, 5.41) is 4.00. The van der Waals surface area contributed by atoms with Gasteiger partial charge in [-0.1, -0.05) is 29.8 Å². The Morgan fingerprint density at radius 3 is 2.82 bits per heavy atom. The minimum Gasteiger partial charge on any atom is -0.307 e. The van der Waals surface area contributed by atoms with Crippen molar-refractivity contribution in [1.29, 1.82) is 0 Å². The van der Waals surface area contributed by atoms with Crippen LogP contribution < -0.4 is 10.9 Å². The van der Waals surface area contributed by atoms with Gasteiger partial charge in [0.2, 0.25) is 0 Å². The highest BCUT2D eigenvalue weighted by Gasteiger charge is 2.03. The molecule has 3 aromatic rings. The third kappa shape index (κ3) is 3.18. The molecule has 1 N–H and O–H groups in total. The van der Waals surface area contributed by atoms with E-state index < -0.39 is 0 Å². The number of fused-ring (bicyclic) bond motifs is 1. The fourth-order valence-corrected chi connectivity index (χ4v) is 2.51. The minimum atomic E-state index is -0.0699. The summed E-state index contributed by atoms with van der Waals surface area (Å²) in [4.78, 5) is 16.6. The molecule has 0 unspecified atom stereocenters. The first-order valence-corrected chi connectivity index (χ1v) is 7.44. The molecule has 0 fully saturated rings. The summed E-state index contributed by atoms with van der Waals surface area (Å²) in [6.45, 7) is 3.13. The zero-order valence-electron chi connectivity index (χ0n) is 12.2. The molecule has 0 amide bonds. The predicted molar refractivity (Wildman–Crippen MR) is 88.2 cm³/mol. The van der Waals surface area contributed by atoms with Gasteiger partial charge in [-0.15, -0.1) is 0 Å². The highest BCUT2D eigenvalue weighted by atomic mass is 35.5. The lowest BCUT2D eigenvalue weighted by Gasteiger charge is -2.07. The summed E-state index contributed by atoms with van der Waals surface area (Å²) in [6.07, 6.45) is 1.75. The Balaban J connectivity index is 1.77. The molecule has 1 aromatic carbocycles. The van der Waals surface area contributed by atoms with Gasteiger partial charge in [-0.3, -0.25) is 9.20 Å². The van der Waals surface area contributed by atoms with Crippen molar-refractivity contribution >= 4 is 17.2 Å². The first kappa shape index (κ1) is 14.8. The van der Waals surface area contributed by atoms with Crippen molar-refractivity contribution in [2.75, 3.05) is 0 Å². The van der Waals surface area contributed by atoms with Crippen LogP contribution in [0.4, 0.5) is 0 Å². The van der Waals surface area contributed by atoms with Crippen LogP contribution in [0.5, 0.6) is 0 Å². The molecule has 4 nitrogen and oxygen atoms in total. The molecule has 3 rings (SSSR count). The van der Waals surface area contributed by atoms with E-state index in [1.54, 1.807) is 16.7 Å². The number of nitrogens with one attached hydrogen (secondary N) is 1. The van der Waals surface area contributed by atoms with Gasteiger partial charge in [0.25, 0.3) is 5.56 Å². The molecular weight excluding hydrogens is 298 g/mol. The number of nitrogens with zero attached hydrogens (tertiary/aromatic N) is 2. The molecule has 0 spiro atoms. The van der Waals surface area contributed by atoms with E-state index in [0.717, 1.165) is 21.8 Å². The number of benzene rings is 1. The van der Waals surface area contributed by atoms with Crippen LogP contribution in [0.2, 0.25) is 5.02 Å². The second kappa shape index (κ2) is 6.30. The smallest absolute Gasteiger partial charge is 0.258 e. The van der Waals surface area contributed by atoms with Crippen molar-refractivity contribution in [1.82, 2.24) is 14.7 Å². The van der Waals surface area contributed by atoms with Crippen molar-refractivity contribution in [3.63, 3.8) is 0 Å². The Bertz CT molecular complexity index is 873. The lowest BCUT2D eigenvalue weighted by molar-refractivity contribution is 0.678. The molecular formula is C17H16ClN3O. The Labute approximate surface area is 133 Å². The van der Waals surface area contributed by atoms with Gasteiger partial charge in [-0.2, -0.15) is 0 Å². The molecule has 112 valence electrons. The molecule has 0 atom stereocenters. The summed E-state index contributed by atoms with van der Waals surface area (Å²) in [7, 11) is 0. The molecule has 0 bridgehead atoms. The van der Waals surface area contributed by atoms with Crippen LogP contribution in [0.25, 0.3) is 5.65 Å². The summed E-state index contributed by atoms with van der Waals surface area (Å²) in [5.74, 6) is 0. The molecule has 0 aliphatic heterocycles. The van der Waals surface area contributed by atoms with Gasteiger partial charge >= 0.3 is 0 Å². The van der Waals surface area contributed by atoms with Gasteiger partial charge in [0.1, 0.15) is 5.65 Å². The Kier molecular flexibility index (Phi) is 4.22. The second-order valence-electron chi connectivity index (χ2n) is 5.21. The van der Waals surface area contributed by atoms with E-state index in [0.29, 0.717) is 18.7 Å². The van der Waals surface area contributed by atoms with E-state index in [1.807, 2.05) is 43.3 Å². The summed E-state index contributed by atoms with van der Waals surface area (Å²) >= 11 is 6.12. The largest absolute Gasteiger partial charge is 0.307 e. The molecule has 2 heterocycles. The molecule has 0 radical (unpaired) electrons. The van der Waals surface area contributed by atoms with Crippen molar-refractivity contribution in [2.45, 2.75) is 20.0 Å². The van der Waals surface area contributed by atoms with Crippen LogP contribution in [0.15, 0.2) is 53.5 Å². The monoisotopic (exact) mass is 313 g/mol. The van der Waals surface area contributed by atoms with Gasteiger partial charge in [0.05, 0.1) is 5.69 Å². The molecule has 0 aliphatic rings. The lowest BCUT2D eigenvalue weighted by Crippen LogP contribution is -2.20. The zero-order chi connectivity index (χ0) is 15.5. The maximum Gasteiger partial charge on any atom is 0.258 e. The minimum absolute atomic E-state index is 0.0699. The maximum atomic E-state index is 12.1. The number of pyridine rings is 1. The Morgan fingerprint density at radius 2 is 2.00 bits per heavy atom. The summed E-state index contributed by atoms with van der Waals surface area (Å²) in [6, 6.07) is 13.0. The van der Waals surface area contributed by atoms with Gasteiger partial charge in [0, 0.05) is 30.4 Å². The van der Waals surface area contributed by atoms with Crippen LogP contribution >= 0.6 is 11.6 Å². The van der Waals surface area contributed by atoms with Crippen molar-refractivity contribution in [3.05, 3.63) is 80.9 Å². The number of halogens is 1. The highest BCUT2D eigenvalue weighted by molar-refractivity contribution is 6.31. The van der Waals surface area contributed by atoms with E-state index >= 15 is 0 Å². The molecule has 2 aromatic heterocycles. The van der Waals surface area contributed by atoms with Crippen LogP contribution in [-0.2, 0) is 13.1 Å². The average Bonchev–Trinajstić information content (AvgIpc) is 2.49. The third-order valence-corrected chi connectivity index (χ3v) is 3.82. The van der Waals surface area contributed by atoms with Crippen molar-refractivity contribution in [2.24, 2.45) is 0 Å². The molecule has 22 heavy (non-hydrogen) atoms. The van der Waals surface area contributed by atoms with E-state index in [9.17, 15) is 4.79 Å². The topological polar surface area (TPSA) is 46.4 Å². The Morgan fingerprint density at radius 1 is 1.18 bits per heavy atom. The highest BCUT2D eigenvalue weighted by Crippen LogP contribution is 2.14. The van der Waals surface area contributed by atoms with Gasteiger partial charge in [0.15, 0.2) is 0 Å². The predicted octanol–water partition coefficient (Wildman–Crippen LogP) is 2.95. The van der Waals surface area contributed by atoms with E-state index in [2.05, 4.69) is 10.3 Å². The first-order chi connectivity index (χ1) is 10.6. The van der Waals surface area contributed by atoms with Gasteiger partial charge in [-0.25, -0.2) is 4.98 Å². The standard InChI is InChI=1S/C17H16ClN3O/c1-12-6-7-21-16(8-12)20-14(9-17(21)22)11-19-10-13-4-2-3-5-15(13)18/h2-9,19H,10-11H2,1H3. The molecule has 0 saturated carbocycles. The van der Waals surface area contributed by atoms with Crippen molar-refractivity contribution in [3.8, 4) is 0 Å². The third-order valence-electron chi connectivity index (χ3n) is 3.46. The first-order valence-electron chi connectivity index (χ1n) is 7.06. The normalized spacial score (nSPS) is 11.0. The van der Waals surface area contributed by atoms with E-state index in [1.165, 1.54) is 0 Å². The average molecular weight is 314 g/mol. The van der Waals surface area contributed by atoms with Crippen LogP contribution in [0.1, 0.15) is 16.8 Å². The molecule has 0 saturated heterocycles. The maximum absolute atomic E-state index is 12.1. The van der Waals surface area contributed by atoms with Gasteiger partial charge in [-0.05, 0) is 36.2 Å². The SMILES string of the molecule is Cc1ccn2c(=O)cc(CNCc3ccccc3Cl)nc2c1. The second-order valence-corrected chi connectivity index (χ2v) is 5.62. The molecule has 5 heteroatoms. The summed E-state index contributed by atoms with van der Waals surface area (Å²) in [5.41, 5.74) is 3.43. The fourth-order valence-electron chi connectivity index (χ4n) is 2.31. The fraction of sp³-hybridized carbons (Fsp3) is 0.176. The van der Waals surface area contributed by atoms with Crippen LogP contribution in [0, 0.1) is 6.92 Å². The number of aryl methyl sites for hydroxylation is 1. The Hall–Kier alpha value is -2.17. The number of rotatable bonds is 4. The van der Waals surface area contributed by atoms with Crippen molar-refractivity contribution < 1.29 is 0 Å². The number of hydrogen-bond acceptors (Lipinski definition) is 3. The number of hydrogen-bond donors (Lipinski definition) is 1.